The first kappa shape index (κ1) is 8.66. The van der Waals surface area contributed by atoms with Crippen molar-refractivity contribution in [1.29, 1.82) is 0 Å². The number of nitrogens with one attached hydrogen (secondary N) is 1. The summed E-state index contributed by atoms with van der Waals surface area (Å²) in [6, 6.07) is 3.30. The van der Waals surface area contributed by atoms with E-state index in [1.807, 2.05) is 0 Å². The molecular formula is C8H5Cl2NO2. The lowest BCUT2D eigenvalue weighted by molar-refractivity contribution is 0.553. The summed E-state index contributed by atoms with van der Waals surface area (Å²) in [5.74, 6) is -0.235. The van der Waals surface area contributed by atoms with E-state index in [9.17, 15) is 4.79 Å². The number of hydrogen-bond donors (Lipinski definition) is 1. The predicted octanol–water partition coefficient (Wildman–Crippen LogP) is 2.51. The first-order valence-electron chi connectivity index (χ1n) is 3.58. The summed E-state index contributed by atoms with van der Waals surface area (Å²) >= 11 is 11.4. The first-order valence-corrected chi connectivity index (χ1v) is 4.49. The van der Waals surface area contributed by atoms with E-state index >= 15 is 0 Å². The number of alkyl halides is 1. The molecule has 3 nitrogen and oxygen atoms in total. The number of H-pyrrole nitrogens is 1. The van der Waals surface area contributed by atoms with Crippen molar-refractivity contribution >= 4 is 34.3 Å². The van der Waals surface area contributed by atoms with Crippen LogP contribution >= 0.6 is 23.2 Å². The standard InChI is InChI=1S/C8H5Cl2NO2/c9-3-4-1-5(10)2-6-7(4)13-8(12)11-6/h1-2H,3H2,(H,11,12). The fourth-order valence-electron chi connectivity index (χ4n) is 1.19. The zero-order valence-corrected chi connectivity index (χ0v) is 7.95. The first-order chi connectivity index (χ1) is 6.20. The lowest BCUT2D eigenvalue weighted by atomic mass is 10.2. The van der Waals surface area contributed by atoms with Gasteiger partial charge in [0, 0.05) is 10.6 Å². The Morgan fingerprint density at radius 2 is 2.23 bits per heavy atom. The van der Waals surface area contributed by atoms with Crippen molar-refractivity contribution in [1.82, 2.24) is 4.98 Å². The SMILES string of the molecule is O=c1[nH]c2cc(Cl)cc(CCl)c2o1. The molecule has 1 aromatic carbocycles. The predicted molar refractivity (Wildman–Crippen MR) is 51.4 cm³/mol. The number of aromatic amines is 1. The average molecular weight is 218 g/mol. The summed E-state index contributed by atoms with van der Waals surface area (Å²) in [5, 5.41) is 0.528. The van der Waals surface area contributed by atoms with Crippen LogP contribution in [0.4, 0.5) is 0 Å². The normalized spacial score (nSPS) is 10.9. The fourth-order valence-corrected chi connectivity index (χ4v) is 1.63. The van der Waals surface area contributed by atoms with Crippen LogP contribution in [0.2, 0.25) is 5.02 Å². The third-order valence-corrected chi connectivity index (χ3v) is 2.21. The molecule has 5 heteroatoms. The number of benzene rings is 1. The minimum Gasteiger partial charge on any atom is -0.408 e. The molecule has 0 atom stereocenters. The highest BCUT2D eigenvalue weighted by atomic mass is 35.5. The smallest absolute Gasteiger partial charge is 0.408 e. The van der Waals surface area contributed by atoms with E-state index in [1.54, 1.807) is 12.1 Å². The molecule has 1 heterocycles. The second-order valence-electron chi connectivity index (χ2n) is 2.59. The van der Waals surface area contributed by atoms with E-state index < -0.39 is 5.76 Å². The molecule has 0 amide bonds. The van der Waals surface area contributed by atoms with Crippen molar-refractivity contribution in [3.8, 4) is 0 Å². The molecule has 0 spiro atoms. The molecule has 0 radical (unpaired) electrons. The summed E-state index contributed by atoms with van der Waals surface area (Å²) in [7, 11) is 0. The van der Waals surface area contributed by atoms with E-state index in [1.165, 1.54) is 0 Å². The summed E-state index contributed by atoms with van der Waals surface area (Å²) in [6.45, 7) is 0. The molecule has 2 rings (SSSR count). The van der Waals surface area contributed by atoms with Crippen LogP contribution in [-0.4, -0.2) is 4.98 Å². The van der Waals surface area contributed by atoms with E-state index in [4.69, 9.17) is 27.6 Å². The molecule has 0 bridgehead atoms. The van der Waals surface area contributed by atoms with Gasteiger partial charge in [-0.1, -0.05) is 11.6 Å². The number of aromatic nitrogens is 1. The van der Waals surface area contributed by atoms with Gasteiger partial charge in [-0.15, -0.1) is 11.6 Å². The zero-order valence-electron chi connectivity index (χ0n) is 6.43. The van der Waals surface area contributed by atoms with Gasteiger partial charge in [0.05, 0.1) is 11.4 Å². The van der Waals surface area contributed by atoms with Crippen molar-refractivity contribution in [2.45, 2.75) is 5.88 Å². The third kappa shape index (κ3) is 1.45. The highest BCUT2D eigenvalue weighted by Gasteiger charge is 2.07. The van der Waals surface area contributed by atoms with Gasteiger partial charge in [-0.05, 0) is 12.1 Å². The van der Waals surface area contributed by atoms with Crippen LogP contribution in [0.1, 0.15) is 5.56 Å². The molecular weight excluding hydrogens is 213 g/mol. The molecule has 0 saturated heterocycles. The van der Waals surface area contributed by atoms with Gasteiger partial charge in [0.15, 0.2) is 5.58 Å². The Morgan fingerprint density at radius 3 is 2.92 bits per heavy atom. The van der Waals surface area contributed by atoms with Gasteiger partial charge in [-0.25, -0.2) is 4.79 Å². The van der Waals surface area contributed by atoms with Crippen molar-refractivity contribution in [2.24, 2.45) is 0 Å². The average Bonchev–Trinajstić information content (AvgIpc) is 2.43. The Labute approximate surface area is 83.3 Å². The van der Waals surface area contributed by atoms with Crippen molar-refractivity contribution in [3.05, 3.63) is 33.3 Å². The maximum absolute atomic E-state index is 10.9. The number of fused-ring (bicyclic) bond motifs is 1. The molecule has 0 aliphatic rings. The Kier molecular flexibility index (Phi) is 2.06. The molecule has 1 N–H and O–H groups in total. The van der Waals surface area contributed by atoms with Gasteiger partial charge in [0.1, 0.15) is 0 Å². The molecule has 1 aromatic heterocycles. The minimum absolute atomic E-state index is 0.262. The highest BCUT2D eigenvalue weighted by molar-refractivity contribution is 6.31. The van der Waals surface area contributed by atoms with E-state index in [0.29, 0.717) is 21.7 Å². The van der Waals surface area contributed by atoms with E-state index in [0.717, 1.165) is 0 Å². The van der Waals surface area contributed by atoms with Crippen LogP contribution in [0.15, 0.2) is 21.3 Å². The van der Waals surface area contributed by atoms with Gasteiger partial charge in [-0.2, -0.15) is 0 Å². The summed E-state index contributed by atoms with van der Waals surface area (Å²) < 4.78 is 4.89. The third-order valence-electron chi connectivity index (χ3n) is 1.71. The van der Waals surface area contributed by atoms with Crippen molar-refractivity contribution in [2.75, 3.05) is 0 Å². The van der Waals surface area contributed by atoms with Crippen molar-refractivity contribution < 1.29 is 4.42 Å². The van der Waals surface area contributed by atoms with Crippen LogP contribution in [0.5, 0.6) is 0 Å². The summed E-state index contributed by atoms with van der Waals surface area (Å²) in [5.41, 5.74) is 1.76. The summed E-state index contributed by atoms with van der Waals surface area (Å²) in [4.78, 5) is 13.4. The Morgan fingerprint density at radius 1 is 1.46 bits per heavy atom. The van der Waals surface area contributed by atoms with Crippen LogP contribution < -0.4 is 5.76 Å². The Hall–Kier alpha value is -0.930. The van der Waals surface area contributed by atoms with E-state index in [2.05, 4.69) is 4.98 Å². The molecule has 0 saturated carbocycles. The monoisotopic (exact) mass is 217 g/mol. The quantitative estimate of drug-likeness (QED) is 0.747. The summed E-state index contributed by atoms with van der Waals surface area (Å²) in [6.07, 6.45) is 0. The van der Waals surface area contributed by atoms with Crippen LogP contribution in [-0.2, 0) is 5.88 Å². The maximum Gasteiger partial charge on any atom is 0.417 e. The molecule has 0 aliphatic carbocycles. The minimum atomic E-state index is -0.497. The molecule has 0 fully saturated rings. The Balaban J connectivity index is 2.88. The second kappa shape index (κ2) is 3.09. The molecule has 13 heavy (non-hydrogen) atoms. The Bertz CT molecular complexity index is 500. The molecule has 2 aromatic rings. The lowest BCUT2D eigenvalue weighted by Gasteiger charge is -1.96. The van der Waals surface area contributed by atoms with Gasteiger partial charge in [-0.3, -0.25) is 4.98 Å². The number of rotatable bonds is 1. The van der Waals surface area contributed by atoms with Crippen molar-refractivity contribution in [3.63, 3.8) is 0 Å². The van der Waals surface area contributed by atoms with Crippen LogP contribution in [0, 0.1) is 0 Å². The topological polar surface area (TPSA) is 46.0 Å². The van der Waals surface area contributed by atoms with Crippen LogP contribution in [0.25, 0.3) is 11.1 Å². The number of oxazole rings is 1. The molecule has 68 valence electrons. The zero-order chi connectivity index (χ0) is 9.42. The van der Waals surface area contributed by atoms with Gasteiger partial charge >= 0.3 is 5.76 Å². The fraction of sp³-hybridized carbons (Fsp3) is 0.125. The number of halogens is 2. The van der Waals surface area contributed by atoms with Gasteiger partial charge in [0.2, 0.25) is 0 Å². The van der Waals surface area contributed by atoms with Gasteiger partial charge in [0.25, 0.3) is 0 Å². The molecule has 0 aliphatic heterocycles. The highest BCUT2D eigenvalue weighted by Crippen LogP contribution is 2.22. The maximum atomic E-state index is 10.9. The van der Waals surface area contributed by atoms with E-state index in [-0.39, 0.29) is 5.88 Å². The lowest BCUT2D eigenvalue weighted by Crippen LogP contribution is -1.92. The van der Waals surface area contributed by atoms with Gasteiger partial charge < -0.3 is 4.42 Å². The second-order valence-corrected chi connectivity index (χ2v) is 3.29. The number of hydrogen-bond acceptors (Lipinski definition) is 2. The molecule has 0 unspecified atom stereocenters. The van der Waals surface area contributed by atoms with Crippen LogP contribution in [0.3, 0.4) is 0 Å². The largest absolute Gasteiger partial charge is 0.417 e.